The molecule has 1 aliphatic rings. The monoisotopic (exact) mass is 438 g/mol. The van der Waals surface area contributed by atoms with Crippen LogP contribution in [0.4, 0.5) is 4.79 Å². The molecule has 170 valence electrons. The lowest BCUT2D eigenvalue weighted by Gasteiger charge is -2.49. The number of ether oxygens (including phenoxy) is 1. The van der Waals surface area contributed by atoms with Gasteiger partial charge in [0.1, 0.15) is 0 Å². The van der Waals surface area contributed by atoms with E-state index in [1.807, 2.05) is 60.7 Å². The van der Waals surface area contributed by atoms with E-state index in [-0.39, 0.29) is 6.42 Å². The number of nitrogens with zero attached hydrogens (tertiary/aromatic N) is 2. The lowest BCUT2D eigenvalue weighted by Crippen LogP contribution is -2.76. The minimum absolute atomic E-state index is 0.0405. The zero-order valence-corrected chi connectivity index (χ0v) is 18.3. The van der Waals surface area contributed by atoms with Gasteiger partial charge >= 0.3 is 6.09 Å². The summed E-state index contributed by atoms with van der Waals surface area (Å²) in [6.45, 7) is 0.797. The van der Waals surface area contributed by atoms with Gasteiger partial charge in [0, 0.05) is 20.0 Å². The number of imide groups is 1. The second kappa shape index (κ2) is 10.4. The molecule has 0 aliphatic carbocycles. The highest BCUT2D eigenvalue weighted by Gasteiger charge is 2.63. The van der Waals surface area contributed by atoms with Crippen molar-refractivity contribution in [1.82, 2.24) is 9.80 Å². The molecule has 1 saturated heterocycles. The fourth-order valence-electron chi connectivity index (χ4n) is 3.84. The highest BCUT2D eigenvalue weighted by Crippen LogP contribution is 2.36. The molecular formula is C24H30N4O4. The minimum atomic E-state index is -1.76. The summed E-state index contributed by atoms with van der Waals surface area (Å²) < 4.78 is 5.46. The van der Waals surface area contributed by atoms with Crippen LogP contribution in [0.2, 0.25) is 0 Å². The second-order valence-corrected chi connectivity index (χ2v) is 8.03. The van der Waals surface area contributed by atoms with Crippen LogP contribution in [0.1, 0.15) is 30.4 Å². The maximum atomic E-state index is 13.6. The van der Waals surface area contributed by atoms with Gasteiger partial charge in [0.2, 0.25) is 0 Å². The summed E-state index contributed by atoms with van der Waals surface area (Å²) in [4.78, 5) is 41.5. The van der Waals surface area contributed by atoms with Gasteiger partial charge < -0.3 is 21.1 Å². The summed E-state index contributed by atoms with van der Waals surface area (Å²) in [5.41, 5.74) is 11.5. The third-order valence-corrected chi connectivity index (χ3v) is 5.54. The zero-order valence-electron chi connectivity index (χ0n) is 18.3. The highest BCUT2D eigenvalue weighted by molar-refractivity contribution is 6.06. The number of nitrogens with two attached hydrogens (primary N) is 2. The predicted molar refractivity (Wildman–Crippen MR) is 120 cm³/mol. The molecular weight excluding hydrogens is 408 g/mol. The fraction of sp³-hybridized carbons (Fsp3) is 0.375. The molecule has 1 heterocycles. The molecule has 0 aromatic heterocycles. The Labute approximate surface area is 188 Å². The van der Waals surface area contributed by atoms with Gasteiger partial charge in [-0.05, 0) is 30.5 Å². The molecule has 1 fully saturated rings. The van der Waals surface area contributed by atoms with Crippen LogP contribution < -0.4 is 11.5 Å². The van der Waals surface area contributed by atoms with Gasteiger partial charge in [0.15, 0.2) is 0 Å². The minimum Gasteiger partial charge on any atom is -0.411 e. The molecule has 8 heteroatoms. The smallest absolute Gasteiger partial charge is 0.411 e. The first-order valence-electron chi connectivity index (χ1n) is 10.7. The van der Waals surface area contributed by atoms with Crippen molar-refractivity contribution in [2.75, 3.05) is 13.6 Å². The molecule has 2 atom stereocenters. The Hall–Kier alpha value is -3.23. The first kappa shape index (κ1) is 23.4. The van der Waals surface area contributed by atoms with Crippen molar-refractivity contribution in [2.24, 2.45) is 11.5 Å². The molecule has 4 N–H and O–H groups in total. The largest absolute Gasteiger partial charge is 0.422 e. The van der Waals surface area contributed by atoms with Gasteiger partial charge in [-0.25, -0.2) is 4.79 Å². The van der Waals surface area contributed by atoms with Crippen LogP contribution in [-0.2, 0) is 27.3 Å². The summed E-state index contributed by atoms with van der Waals surface area (Å²) in [6.07, 6.45) is 0.925. The molecule has 1 aliphatic heterocycles. The van der Waals surface area contributed by atoms with Crippen LogP contribution >= 0.6 is 0 Å². The van der Waals surface area contributed by atoms with Crippen molar-refractivity contribution in [3.05, 3.63) is 71.8 Å². The number of carbonyl (C=O) groups excluding carboxylic acids is 3. The maximum absolute atomic E-state index is 13.6. The van der Waals surface area contributed by atoms with Gasteiger partial charge in [-0.2, -0.15) is 4.90 Å². The van der Waals surface area contributed by atoms with Gasteiger partial charge in [-0.15, -0.1) is 0 Å². The summed E-state index contributed by atoms with van der Waals surface area (Å²) >= 11 is 0. The number of rotatable bonds is 10. The number of benzene rings is 2. The molecule has 2 aromatic carbocycles. The Balaban J connectivity index is 1.87. The van der Waals surface area contributed by atoms with Crippen molar-refractivity contribution in [2.45, 2.75) is 44.0 Å². The molecule has 0 unspecified atom stereocenters. The number of likely N-dealkylation sites (N-methyl/N-ethyl adjacent to an activating group) is 1. The predicted octanol–water partition coefficient (Wildman–Crippen LogP) is 2.02. The van der Waals surface area contributed by atoms with Gasteiger partial charge in [-0.3, -0.25) is 9.59 Å². The summed E-state index contributed by atoms with van der Waals surface area (Å²) in [6, 6.07) is 17.7. The molecule has 3 rings (SSSR count). The van der Waals surface area contributed by atoms with Crippen LogP contribution in [0.5, 0.6) is 0 Å². The van der Waals surface area contributed by atoms with E-state index < -0.39 is 29.7 Å². The molecule has 3 amide bonds. The van der Waals surface area contributed by atoms with E-state index in [2.05, 4.69) is 0 Å². The molecule has 2 aromatic rings. The van der Waals surface area contributed by atoms with E-state index in [4.69, 9.17) is 16.2 Å². The van der Waals surface area contributed by atoms with Crippen LogP contribution in [0.3, 0.4) is 0 Å². The number of hydrogen-bond acceptors (Lipinski definition) is 6. The first-order chi connectivity index (χ1) is 15.4. The van der Waals surface area contributed by atoms with Crippen molar-refractivity contribution in [1.29, 1.82) is 0 Å². The summed E-state index contributed by atoms with van der Waals surface area (Å²) in [5, 5.41) is 0. The van der Waals surface area contributed by atoms with Crippen LogP contribution in [0.25, 0.3) is 0 Å². The molecule has 0 saturated carbocycles. The topological polar surface area (TPSA) is 119 Å². The second-order valence-electron chi connectivity index (χ2n) is 8.03. The molecule has 8 nitrogen and oxygen atoms in total. The Morgan fingerprint density at radius 1 is 1.03 bits per heavy atom. The lowest BCUT2D eigenvalue weighted by molar-refractivity contribution is -0.208. The zero-order chi connectivity index (χ0) is 23.1. The van der Waals surface area contributed by atoms with Crippen LogP contribution in [0, 0.1) is 0 Å². The normalized spacial score (nSPS) is 18.5. The van der Waals surface area contributed by atoms with Crippen molar-refractivity contribution < 1.29 is 19.1 Å². The Morgan fingerprint density at radius 3 is 2.19 bits per heavy atom. The van der Waals surface area contributed by atoms with E-state index in [1.165, 1.54) is 4.90 Å². The van der Waals surface area contributed by atoms with Gasteiger partial charge in [-0.1, -0.05) is 67.1 Å². The van der Waals surface area contributed by atoms with Crippen molar-refractivity contribution in [3.63, 3.8) is 0 Å². The number of cyclic esters (lactones) is 1. The summed E-state index contributed by atoms with van der Waals surface area (Å²) in [7, 11) is 1.62. The van der Waals surface area contributed by atoms with Crippen molar-refractivity contribution in [3.8, 4) is 0 Å². The van der Waals surface area contributed by atoms with E-state index in [0.717, 1.165) is 22.4 Å². The van der Waals surface area contributed by atoms with Crippen LogP contribution in [0.15, 0.2) is 60.7 Å². The van der Waals surface area contributed by atoms with Crippen molar-refractivity contribution >= 4 is 17.9 Å². The average Bonchev–Trinajstić information content (AvgIpc) is 2.79. The number of carbonyl (C=O) groups is 3. The van der Waals surface area contributed by atoms with E-state index >= 15 is 0 Å². The highest BCUT2D eigenvalue weighted by atomic mass is 16.6. The van der Waals surface area contributed by atoms with Gasteiger partial charge in [0.05, 0.1) is 6.04 Å². The Morgan fingerprint density at radius 2 is 1.62 bits per heavy atom. The Bertz CT molecular complexity index is 938. The van der Waals surface area contributed by atoms with E-state index in [9.17, 15) is 14.4 Å². The SMILES string of the molecule is CN(Cc1ccccc1)C(=O)[C@@]1(Cc2ccccc2)OC(=O)N1C(=O)[C@@H](N)CCCCN. The van der Waals surface area contributed by atoms with Gasteiger partial charge in [0.25, 0.3) is 17.5 Å². The molecule has 0 bridgehead atoms. The standard InChI is InChI=1S/C24H30N4O4/c1-27(17-19-12-6-3-7-13-19)22(30)24(16-18-10-4-2-5-11-18)28(23(31)32-24)21(29)20(26)14-8-9-15-25/h2-7,10-13,20H,8-9,14-17,25-26H2,1H3/t20-,24+/m0/s1. The lowest BCUT2D eigenvalue weighted by atomic mass is 9.95. The Kier molecular flexibility index (Phi) is 7.61. The van der Waals surface area contributed by atoms with E-state index in [0.29, 0.717) is 25.9 Å². The third kappa shape index (κ3) is 4.98. The quantitative estimate of drug-likeness (QED) is 0.548. The average molecular weight is 439 g/mol. The maximum Gasteiger partial charge on any atom is 0.422 e. The number of hydrogen-bond donors (Lipinski definition) is 2. The third-order valence-electron chi connectivity index (χ3n) is 5.54. The van der Waals surface area contributed by atoms with Crippen LogP contribution in [-0.4, -0.2) is 53.1 Å². The first-order valence-corrected chi connectivity index (χ1v) is 10.7. The number of unbranched alkanes of at least 4 members (excludes halogenated alkanes) is 1. The molecule has 0 radical (unpaired) electrons. The molecule has 32 heavy (non-hydrogen) atoms. The fourth-order valence-corrected chi connectivity index (χ4v) is 3.84. The van der Waals surface area contributed by atoms with E-state index in [1.54, 1.807) is 7.05 Å². The summed E-state index contributed by atoms with van der Waals surface area (Å²) in [5.74, 6) is -1.09. The number of amides is 3. The molecule has 0 spiro atoms.